The molecule has 0 spiro atoms. The molecule has 2 heterocycles. The Morgan fingerprint density at radius 1 is 1.18 bits per heavy atom. The van der Waals surface area contributed by atoms with E-state index in [0.29, 0.717) is 23.4 Å². The third-order valence-electron chi connectivity index (χ3n) is 5.94. The number of likely N-dealkylation sites (N-methyl/N-ethyl adjacent to an activating group) is 1. The number of pyridine rings is 1. The molecule has 1 aliphatic carbocycles. The second kappa shape index (κ2) is 10.5. The highest BCUT2D eigenvalue weighted by Crippen LogP contribution is 2.38. The maximum atomic E-state index is 14.8. The van der Waals surface area contributed by atoms with Crippen molar-refractivity contribution in [1.29, 1.82) is 0 Å². The van der Waals surface area contributed by atoms with E-state index in [9.17, 15) is 33.8 Å². The number of nitrogens with one attached hydrogen (secondary N) is 1. The van der Waals surface area contributed by atoms with Crippen LogP contribution < -0.4 is 20.3 Å². The van der Waals surface area contributed by atoms with Crippen LogP contribution in [0.3, 0.4) is 0 Å². The summed E-state index contributed by atoms with van der Waals surface area (Å²) in [5.74, 6) is -4.53. The molecule has 4 rings (SSSR count). The van der Waals surface area contributed by atoms with E-state index in [2.05, 4.69) is 6.92 Å². The Kier molecular flexibility index (Phi) is 7.67. The Hall–Kier alpha value is -3.73. The van der Waals surface area contributed by atoms with Gasteiger partial charge in [0.05, 0.1) is 49.9 Å². The monoisotopic (exact) mass is 475 g/mol. The van der Waals surface area contributed by atoms with Crippen LogP contribution >= 0.6 is 0 Å². The van der Waals surface area contributed by atoms with Crippen LogP contribution in [0.15, 0.2) is 35.3 Å². The van der Waals surface area contributed by atoms with Gasteiger partial charge >= 0.3 is 11.9 Å². The molecule has 3 N–H and O–H groups in total. The summed E-state index contributed by atoms with van der Waals surface area (Å²) in [4.78, 5) is 46.4. The summed E-state index contributed by atoms with van der Waals surface area (Å²) in [6.07, 6.45) is 4.26. The van der Waals surface area contributed by atoms with Crippen LogP contribution in [-0.4, -0.2) is 65.4 Å². The average molecular weight is 475 g/mol. The Bertz CT molecular complexity index is 1180. The third-order valence-corrected chi connectivity index (χ3v) is 5.94. The van der Waals surface area contributed by atoms with Gasteiger partial charge in [0, 0.05) is 23.7 Å². The van der Waals surface area contributed by atoms with Crippen LogP contribution in [0.25, 0.3) is 10.9 Å². The summed E-state index contributed by atoms with van der Waals surface area (Å²) in [7, 11) is 0. The number of carboxylic acids is 3. The number of rotatable bonds is 6. The van der Waals surface area contributed by atoms with Crippen molar-refractivity contribution in [1.82, 2.24) is 4.57 Å². The number of aromatic carboxylic acids is 1. The highest BCUT2D eigenvalue weighted by molar-refractivity contribution is 5.93. The molecule has 1 saturated carbocycles. The van der Waals surface area contributed by atoms with Crippen molar-refractivity contribution in [3.63, 3.8) is 0 Å². The number of halogens is 1. The number of hydrogen-bond donors (Lipinski definition) is 3. The smallest absolute Gasteiger partial charge is 0.341 e. The van der Waals surface area contributed by atoms with Gasteiger partial charge in [-0.2, -0.15) is 0 Å². The highest BCUT2D eigenvalue weighted by atomic mass is 19.1. The fourth-order valence-corrected chi connectivity index (χ4v) is 3.96. The van der Waals surface area contributed by atoms with Crippen molar-refractivity contribution in [3.8, 4) is 0 Å². The number of carbonyl (C=O) groups excluding carboxylic acids is 1. The van der Waals surface area contributed by atoms with Crippen molar-refractivity contribution < 1.29 is 39.0 Å². The van der Waals surface area contributed by atoms with E-state index in [-0.39, 0.29) is 17.0 Å². The van der Waals surface area contributed by atoms with Crippen LogP contribution in [0, 0.1) is 5.82 Å². The van der Waals surface area contributed by atoms with Crippen molar-refractivity contribution in [2.75, 3.05) is 37.6 Å². The van der Waals surface area contributed by atoms with Crippen LogP contribution in [0.5, 0.6) is 0 Å². The Labute approximate surface area is 194 Å². The predicted molar refractivity (Wildman–Crippen MR) is 119 cm³/mol. The molecular formula is C23H26FN3O7. The Morgan fingerprint density at radius 2 is 1.82 bits per heavy atom. The number of piperazine rings is 1. The quantitative estimate of drug-likeness (QED) is 0.464. The molecule has 2 aromatic rings. The number of carbonyl (C=O) groups is 3. The second-order valence-electron chi connectivity index (χ2n) is 8.22. The van der Waals surface area contributed by atoms with Crippen LogP contribution in [0.2, 0.25) is 0 Å². The molecule has 1 aliphatic heterocycles. The Morgan fingerprint density at radius 3 is 2.29 bits per heavy atom. The number of fused-ring (bicyclic) bond motifs is 1. The first-order valence-corrected chi connectivity index (χ1v) is 10.9. The molecule has 1 aromatic carbocycles. The van der Waals surface area contributed by atoms with Crippen molar-refractivity contribution >= 4 is 34.5 Å². The molecule has 1 aromatic heterocycles. The zero-order valence-electron chi connectivity index (χ0n) is 18.6. The molecule has 11 heteroatoms. The van der Waals surface area contributed by atoms with Crippen molar-refractivity contribution in [2.45, 2.75) is 25.8 Å². The van der Waals surface area contributed by atoms with Crippen LogP contribution in [0.4, 0.5) is 10.1 Å². The predicted octanol–water partition coefficient (Wildman–Crippen LogP) is -0.724. The van der Waals surface area contributed by atoms with E-state index in [1.807, 2.05) is 9.47 Å². The van der Waals surface area contributed by atoms with Gasteiger partial charge in [0.15, 0.2) is 0 Å². The first-order chi connectivity index (χ1) is 16.1. The van der Waals surface area contributed by atoms with Gasteiger partial charge in [-0.15, -0.1) is 0 Å². The minimum absolute atomic E-state index is 0.149. The first-order valence-electron chi connectivity index (χ1n) is 10.9. The maximum Gasteiger partial charge on any atom is 0.341 e. The first kappa shape index (κ1) is 24.9. The highest BCUT2D eigenvalue weighted by Gasteiger charge is 2.28. The third kappa shape index (κ3) is 5.79. The fourth-order valence-electron chi connectivity index (χ4n) is 3.96. The average Bonchev–Trinajstić information content (AvgIpc) is 3.63. The van der Waals surface area contributed by atoms with E-state index in [1.54, 1.807) is 6.07 Å². The molecule has 34 heavy (non-hydrogen) atoms. The summed E-state index contributed by atoms with van der Waals surface area (Å²) in [5.41, 5.74) is 0.223. The number of benzene rings is 1. The number of carboxylic acid groups (broad SMARTS) is 3. The van der Waals surface area contributed by atoms with Gasteiger partial charge in [-0.25, -0.2) is 14.0 Å². The number of hydrogen-bond acceptors (Lipinski definition) is 6. The van der Waals surface area contributed by atoms with Crippen molar-refractivity contribution in [3.05, 3.63) is 52.1 Å². The lowest BCUT2D eigenvalue weighted by atomic mass is 10.1. The molecule has 2 fully saturated rings. The van der Waals surface area contributed by atoms with Gasteiger partial charge in [0.2, 0.25) is 5.43 Å². The molecule has 0 unspecified atom stereocenters. The molecule has 2 aliphatic rings. The van der Waals surface area contributed by atoms with Crippen LogP contribution in [0.1, 0.15) is 36.2 Å². The van der Waals surface area contributed by atoms with Gasteiger partial charge < -0.3 is 34.5 Å². The molecule has 10 nitrogen and oxygen atoms in total. The number of anilines is 1. The minimum atomic E-state index is -1.51. The summed E-state index contributed by atoms with van der Waals surface area (Å²) in [6, 6.07) is 3.14. The largest absolute Gasteiger partial charge is 0.545 e. The van der Waals surface area contributed by atoms with Crippen LogP contribution in [-0.2, 0) is 9.59 Å². The lowest BCUT2D eigenvalue weighted by Gasteiger charge is -2.33. The van der Waals surface area contributed by atoms with Crippen molar-refractivity contribution in [2.24, 2.45) is 0 Å². The number of nitrogens with zero attached hydrogens (tertiary/aromatic N) is 2. The molecule has 1 saturated heterocycles. The standard InChI is InChI=1S/C19H22FN3O3.C4H4O4/c1-2-21-5-7-22(8-6-21)17-10-16-13(9-15(17)20)18(24)14(19(25)26)11-23(16)12-3-4-12;5-3(6)1-2-4(7)8/h9-12H,2-8H2,1H3,(H,25,26);1-2H,(H,5,6)(H,7,8)/b;2-1-. The Balaban J connectivity index is 0.000000350. The normalized spacial score (nSPS) is 16.4. The van der Waals surface area contributed by atoms with Gasteiger partial charge in [-0.1, -0.05) is 0 Å². The van der Waals surface area contributed by atoms with E-state index in [4.69, 9.17) is 5.11 Å². The van der Waals surface area contributed by atoms with Gasteiger partial charge in [-0.05, 0) is 38.0 Å². The molecular weight excluding hydrogens is 449 g/mol. The second-order valence-corrected chi connectivity index (χ2v) is 8.22. The van der Waals surface area contributed by atoms with E-state index >= 15 is 0 Å². The maximum absolute atomic E-state index is 14.8. The minimum Gasteiger partial charge on any atom is -0.545 e. The van der Waals surface area contributed by atoms with E-state index in [0.717, 1.165) is 45.6 Å². The molecule has 0 bridgehead atoms. The topological polar surface area (TPSA) is 144 Å². The number of aromatic nitrogens is 1. The molecule has 182 valence electrons. The lowest BCUT2D eigenvalue weighted by molar-refractivity contribution is -0.898. The lowest BCUT2D eigenvalue weighted by Crippen LogP contribution is -3.14. The zero-order valence-corrected chi connectivity index (χ0v) is 18.6. The fraction of sp³-hybridized carbons (Fsp3) is 0.391. The number of quaternary nitrogens is 1. The summed E-state index contributed by atoms with van der Waals surface area (Å²) in [6.45, 7) is 6.67. The summed E-state index contributed by atoms with van der Waals surface area (Å²) >= 11 is 0. The summed E-state index contributed by atoms with van der Waals surface area (Å²) < 4.78 is 16.6. The summed E-state index contributed by atoms with van der Waals surface area (Å²) in [5, 5.41) is 26.7. The van der Waals surface area contributed by atoms with Gasteiger partial charge in [-0.3, -0.25) is 4.79 Å². The van der Waals surface area contributed by atoms with E-state index < -0.39 is 29.2 Å². The number of aliphatic carboxylic acids is 2. The zero-order chi connectivity index (χ0) is 25.0. The van der Waals surface area contributed by atoms with Gasteiger partial charge in [0.1, 0.15) is 11.4 Å². The SMILES string of the molecule is CC[NH+]1CCN(c2cc3c(cc2F)c(=O)c(C(=O)O)cn3C2CC2)CC1.O=C([O-])/C=C\C(=O)O. The van der Waals surface area contributed by atoms with Gasteiger partial charge in [0.25, 0.3) is 0 Å². The molecule has 0 amide bonds. The molecule has 0 radical (unpaired) electrons. The van der Waals surface area contributed by atoms with E-state index in [1.165, 1.54) is 17.2 Å². The molecule has 0 atom stereocenters.